The number of rotatable bonds is 9. The molecule has 0 atom stereocenters. The number of methoxy groups -OCH3 is 1. The molecule has 190 valence electrons. The summed E-state index contributed by atoms with van der Waals surface area (Å²) in [5.74, 6) is 0.0833. The van der Waals surface area contributed by atoms with Crippen LogP contribution in [0.2, 0.25) is 0 Å². The lowest BCUT2D eigenvalue weighted by atomic mass is 10.1. The Labute approximate surface area is 230 Å². The Balaban J connectivity index is 1.81. The zero-order valence-electron chi connectivity index (χ0n) is 21.1. The molecular weight excluding hydrogens is 583 g/mol. The van der Waals surface area contributed by atoms with Crippen LogP contribution in [-0.4, -0.2) is 25.6 Å². The molecule has 0 unspecified atom stereocenters. The van der Waals surface area contributed by atoms with Gasteiger partial charge in [-0.1, -0.05) is 18.2 Å². The van der Waals surface area contributed by atoms with Crippen molar-refractivity contribution in [2.24, 2.45) is 0 Å². The fourth-order valence-corrected chi connectivity index (χ4v) is 4.23. The lowest BCUT2D eigenvalue weighted by Crippen LogP contribution is -2.13. The summed E-state index contributed by atoms with van der Waals surface area (Å²) in [6, 6.07) is 17.9. The van der Waals surface area contributed by atoms with Crippen LogP contribution in [0.15, 0.2) is 60.2 Å². The number of ether oxygens (including phenoxy) is 3. The monoisotopic (exact) mass is 610 g/mol. The van der Waals surface area contributed by atoms with Crippen LogP contribution in [0.3, 0.4) is 0 Å². The zero-order valence-corrected chi connectivity index (χ0v) is 23.2. The summed E-state index contributed by atoms with van der Waals surface area (Å²) in [6.07, 6.45) is 1.50. The molecule has 37 heavy (non-hydrogen) atoms. The third kappa shape index (κ3) is 7.33. The van der Waals surface area contributed by atoms with Gasteiger partial charge in [0.05, 0.1) is 22.9 Å². The molecule has 1 amide bonds. The van der Waals surface area contributed by atoms with Gasteiger partial charge in [0.15, 0.2) is 11.5 Å². The van der Waals surface area contributed by atoms with Crippen molar-refractivity contribution in [2.45, 2.75) is 27.4 Å². The highest BCUT2D eigenvalue weighted by Crippen LogP contribution is 2.35. The molecule has 0 saturated carbocycles. The number of anilines is 1. The Bertz CT molecular complexity index is 1370. The molecule has 0 heterocycles. The lowest BCUT2D eigenvalue weighted by molar-refractivity contribution is -0.112. The van der Waals surface area contributed by atoms with Crippen LogP contribution < -0.4 is 14.8 Å². The van der Waals surface area contributed by atoms with E-state index in [0.29, 0.717) is 41.5 Å². The minimum Gasteiger partial charge on any atom is -0.490 e. The van der Waals surface area contributed by atoms with Crippen LogP contribution in [0.1, 0.15) is 39.5 Å². The lowest BCUT2D eigenvalue weighted by Gasteiger charge is -2.15. The summed E-state index contributed by atoms with van der Waals surface area (Å²) in [7, 11) is 1.30. The standard InChI is InChI=1S/C29H27IN2O5/c1-5-36-26-15-21(14-25(30)27(26)37-17-20-7-6-18(2)19(3)12-20)13-23(16-31)28(33)32-24-10-8-22(9-11-24)29(34)35-4/h6-15H,5,17H2,1-4H3,(H,32,33)/b23-13+. The predicted molar refractivity (Wildman–Crippen MR) is 151 cm³/mol. The van der Waals surface area contributed by atoms with Crippen molar-refractivity contribution >= 4 is 46.2 Å². The van der Waals surface area contributed by atoms with Crippen LogP contribution in [0, 0.1) is 28.7 Å². The summed E-state index contributed by atoms with van der Waals surface area (Å²) < 4.78 is 17.4. The fraction of sp³-hybridized carbons (Fsp3) is 0.207. The normalized spacial score (nSPS) is 10.9. The average molecular weight is 610 g/mol. The van der Waals surface area contributed by atoms with E-state index in [0.717, 1.165) is 9.13 Å². The first kappa shape index (κ1) is 27.7. The van der Waals surface area contributed by atoms with Gasteiger partial charge < -0.3 is 19.5 Å². The quantitative estimate of drug-likeness (QED) is 0.134. The number of aryl methyl sites for hydroxylation is 2. The van der Waals surface area contributed by atoms with Crippen molar-refractivity contribution in [2.75, 3.05) is 19.0 Å². The molecular formula is C29H27IN2O5. The van der Waals surface area contributed by atoms with E-state index >= 15 is 0 Å². The number of esters is 1. The molecule has 3 aromatic rings. The van der Waals surface area contributed by atoms with E-state index in [1.165, 1.54) is 36.4 Å². The minimum absolute atomic E-state index is 0.0842. The third-order valence-corrected chi connectivity index (χ3v) is 6.33. The molecule has 1 N–H and O–H groups in total. The number of benzene rings is 3. The summed E-state index contributed by atoms with van der Waals surface area (Å²) >= 11 is 2.16. The van der Waals surface area contributed by atoms with E-state index in [-0.39, 0.29) is 5.57 Å². The highest BCUT2D eigenvalue weighted by atomic mass is 127. The molecule has 0 fully saturated rings. The molecule has 0 aliphatic heterocycles. The molecule has 0 spiro atoms. The number of carbonyl (C=O) groups excluding carboxylic acids is 2. The van der Waals surface area contributed by atoms with E-state index in [9.17, 15) is 14.9 Å². The summed E-state index contributed by atoms with van der Waals surface area (Å²) in [4.78, 5) is 24.3. The van der Waals surface area contributed by atoms with E-state index < -0.39 is 11.9 Å². The maximum atomic E-state index is 12.7. The Morgan fingerprint density at radius 3 is 2.38 bits per heavy atom. The number of nitrogens with one attached hydrogen (secondary N) is 1. The van der Waals surface area contributed by atoms with Gasteiger partial charge in [-0.05, 0) is 108 Å². The molecule has 0 radical (unpaired) electrons. The first-order valence-corrected chi connectivity index (χ1v) is 12.6. The van der Waals surface area contributed by atoms with Crippen LogP contribution in [0.4, 0.5) is 5.69 Å². The van der Waals surface area contributed by atoms with Crippen LogP contribution in [0.5, 0.6) is 11.5 Å². The fourth-order valence-electron chi connectivity index (χ4n) is 3.44. The van der Waals surface area contributed by atoms with Crippen LogP contribution >= 0.6 is 22.6 Å². The zero-order chi connectivity index (χ0) is 26.9. The van der Waals surface area contributed by atoms with Crippen molar-refractivity contribution < 1.29 is 23.8 Å². The largest absolute Gasteiger partial charge is 0.490 e. The number of hydrogen-bond donors (Lipinski definition) is 1. The van der Waals surface area contributed by atoms with E-state index in [4.69, 9.17) is 9.47 Å². The molecule has 7 nitrogen and oxygen atoms in total. The molecule has 0 saturated heterocycles. The number of nitrogens with zero attached hydrogens (tertiary/aromatic N) is 1. The topological polar surface area (TPSA) is 97.7 Å². The van der Waals surface area contributed by atoms with Gasteiger partial charge in [-0.3, -0.25) is 4.79 Å². The van der Waals surface area contributed by atoms with E-state index in [1.807, 2.05) is 25.1 Å². The summed E-state index contributed by atoms with van der Waals surface area (Å²) in [5, 5.41) is 12.3. The Hall–Kier alpha value is -3.84. The Kier molecular flexibility index (Phi) is 9.69. The Morgan fingerprint density at radius 2 is 1.76 bits per heavy atom. The SMILES string of the molecule is CCOc1cc(/C=C(\C#N)C(=O)Nc2ccc(C(=O)OC)cc2)cc(I)c1OCc1ccc(C)c(C)c1. The van der Waals surface area contributed by atoms with Gasteiger partial charge in [0.1, 0.15) is 18.2 Å². The van der Waals surface area contributed by atoms with Gasteiger partial charge in [0, 0.05) is 5.69 Å². The second kappa shape index (κ2) is 12.9. The minimum atomic E-state index is -0.573. The summed E-state index contributed by atoms with van der Waals surface area (Å²) in [5.41, 5.74) is 4.81. The van der Waals surface area contributed by atoms with Crippen molar-refractivity contribution in [3.8, 4) is 17.6 Å². The molecule has 0 aromatic heterocycles. The van der Waals surface area contributed by atoms with Gasteiger partial charge in [0.25, 0.3) is 5.91 Å². The third-order valence-electron chi connectivity index (χ3n) is 5.53. The smallest absolute Gasteiger partial charge is 0.337 e. The second-order valence-electron chi connectivity index (χ2n) is 8.16. The van der Waals surface area contributed by atoms with Crippen LogP contribution in [-0.2, 0) is 16.1 Å². The second-order valence-corrected chi connectivity index (χ2v) is 9.33. The van der Waals surface area contributed by atoms with Gasteiger partial charge in [-0.15, -0.1) is 0 Å². The number of nitriles is 1. The predicted octanol–water partition coefficient (Wildman–Crippen LogP) is 6.22. The highest BCUT2D eigenvalue weighted by molar-refractivity contribution is 14.1. The first-order chi connectivity index (χ1) is 17.7. The van der Waals surface area contributed by atoms with Crippen LogP contribution in [0.25, 0.3) is 6.08 Å². The molecule has 3 rings (SSSR count). The number of carbonyl (C=O) groups is 2. The number of amides is 1. The van der Waals surface area contributed by atoms with Crippen molar-refractivity contribution in [3.63, 3.8) is 0 Å². The number of hydrogen-bond acceptors (Lipinski definition) is 6. The molecule has 3 aromatic carbocycles. The first-order valence-electron chi connectivity index (χ1n) is 11.5. The highest BCUT2D eigenvalue weighted by Gasteiger charge is 2.15. The van der Waals surface area contributed by atoms with E-state index in [1.54, 1.807) is 18.2 Å². The van der Waals surface area contributed by atoms with Crippen molar-refractivity contribution in [1.82, 2.24) is 0 Å². The molecule has 8 heteroatoms. The number of halogens is 1. The summed E-state index contributed by atoms with van der Waals surface area (Å²) in [6.45, 7) is 6.82. The maximum absolute atomic E-state index is 12.7. The van der Waals surface area contributed by atoms with Gasteiger partial charge >= 0.3 is 5.97 Å². The van der Waals surface area contributed by atoms with Crippen molar-refractivity contribution in [3.05, 3.63) is 91.6 Å². The maximum Gasteiger partial charge on any atom is 0.337 e. The molecule has 0 aliphatic carbocycles. The van der Waals surface area contributed by atoms with Gasteiger partial charge in [0.2, 0.25) is 0 Å². The molecule has 0 bridgehead atoms. The van der Waals surface area contributed by atoms with E-state index in [2.05, 4.69) is 58.6 Å². The van der Waals surface area contributed by atoms with Gasteiger partial charge in [-0.2, -0.15) is 5.26 Å². The van der Waals surface area contributed by atoms with Crippen molar-refractivity contribution in [1.29, 1.82) is 5.26 Å². The average Bonchev–Trinajstić information content (AvgIpc) is 2.88. The van der Waals surface area contributed by atoms with Gasteiger partial charge in [-0.25, -0.2) is 4.79 Å². The Morgan fingerprint density at radius 1 is 1.03 bits per heavy atom. The molecule has 0 aliphatic rings.